The molecule has 94 valence electrons. The van der Waals surface area contributed by atoms with Gasteiger partial charge in [-0.05, 0) is 47.5 Å². The lowest BCUT2D eigenvalue weighted by Crippen LogP contribution is -2.52. The average molecular weight is 229 g/mol. The van der Waals surface area contributed by atoms with E-state index in [4.69, 9.17) is 4.74 Å². The summed E-state index contributed by atoms with van der Waals surface area (Å²) in [5, 5.41) is 9.41. The zero-order valence-electron chi connectivity index (χ0n) is 10.9. The number of carbonyl (C=O) groups is 1. The Morgan fingerprint density at radius 1 is 1.56 bits per heavy atom. The fourth-order valence-corrected chi connectivity index (χ4v) is 2.17. The summed E-state index contributed by atoms with van der Waals surface area (Å²) >= 11 is 0. The average Bonchev–Trinajstić information content (AvgIpc) is 2.40. The Labute approximate surface area is 97.6 Å². The van der Waals surface area contributed by atoms with Crippen molar-refractivity contribution in [3.8, 4) is 0 Å². The molecule has 0 bridgehead atoms. The van der Waals surface area contributed by atoms with Crippen LogP contribution >= 0.6 is 0 Å². The van der Waals surface area contributed by atoms with Gasteiger partial charge >= 0.3 is 6.09 Å². The predicted molar refractivity (Wildman–Crippen MR) is 62.3 cm³/mol. The first kappa shape index (κ1) is 13.3. The standard InChI is InChI=1S/C12H23NO3/c1-9-6-7-12(5,8-14)13(9)10(15)16-11(2,3)4/h9,14H,6-8H2,1-5H3. The fraction of sp³-hybridized carbons (Fsp3) is 0.917. The normalized spacial score (nSPS) is 30.6. The van der Waals surface area contributed by atoms with Gasteiger partial charge in [0, 0.05) is 6.04 Å². The smallest absolute Gasteiger partial charge is 0.411 e. The van der Waals surface area contributed by atoms with Gasteiger partial charge in [0.25, 0.3) is 0 Å². The molecule has 0 aromatic heterocycles. The summed E-state index contributed by atoms with van der Waals surface area (Å²) in [6.45, 7) is 9.42. The number of ether oxygens (including phenoxy) is 1. The molecule has 1 fully saturated rings. The van der Waals surface area contributed by atoms with Crippen LogP contribution in [0.5, 0.6) is 0 Å². The van der Waals surface area contributed by atoms with E-state index >= 15 is 0 Å². The second kappa shape index (κ2) is 4.24. The molecule has 1 saturated heterocycles. The van der Waals surface area contributed by atoms with Crippen LogP contribution in [0.4, 0.5) is 4.79 Å². The molecule has 0 aliphatic carbocycles. The van der Waals surface area contributed by atoms with Gasteiger partial charge in [0.2, 0.25) is 0 Å². The van der Waals surface area contributed by atoms with Crippen molar-refractivity contribution in [1.29, 1.82) is 0 Å². The number of hydrogen-bond acceptors (Lipinski definition) is 3. The third kappa shape index (κ3) is 2.67. The van der Waals surface area contributed by atoms with Crippen molar-refractivity contribution in [2.45, 2.75) is 64.6 Å². The molecule has 0 radical (unpaired) electrons. The first-order valence-corrected chi connectivity index (χ1v) is 5.83. The summed E-state index contributed by atoms with van der Waals surface area (Å²) in [4.78, 5) is 13.7. The number of likely N-dealkylation sites (tertiary alicyclic amines) is 1. The van der Waals surface area contributed by atoms with Gasteiger partial charge in [0.1, 0.15) is 5.60 Å². The molecular formula is C12H23NO3. The zero-order valence-corrected chi connectivity index (χ0v) is 10.9. The van der Waals surface area contributed by atoms with Crippen molar-refractivity contribution in [2.24, 2.45) is 0 Å². The van der Waals surface area contributed by atoms with Gasteiger partial charge in [-0.25, -0.2) is 4.79 Å². The van der Waals surface area contributed by atoms with E-state index in [0.717, 1.165) is 12.8 Å². The summed E-state index contributed by atoms with van der Waals surface area (Å²) in [5.74, 6) is 0. The van der Waals surface area contributed by atoms with Crippen molar-refractivity contribution in [2.75, 3.05) is 6.61 Å². The summed E-state index contributed by atoms with van der Waals surface area (Å²) in [6.07, 6.45) is 1.41. The highest BCUT2D eigenvalue weighted by molar-refractivity contribution is 5.70. The van der Waals surface area contributed by atoms with Crippen LogP contribution in [0.15, 0.2) is 0 Å². The summed E-state index contributed by atoms with van der Waals surface area (Å²) in [6, 6.07) is 0.131. The van der Waals surface area contributed by atoms with E-state index in [0.29, 0.717) is 0 Å². The maximum atomic E-state index is 12.0. The monoisotopic (exact) mass is 229 g/mol. The van der Waals surface area contributed by atoms with Gasteiger partial charge in [-0.1, -0.05) is 0 Å². The van der Waals surface area contributed by atoms with E-state index in [9.17, 15) is 9.90 Å². The van der Waals surface area contributed by atoms with Crippen LogP contribution in [-0.2, 0) is 4.74 Å². The first-order chi connectivity index (χ1) is 7.19. The van der Waals surface area contributed by atoms with E-state index in [1.807, 2.05) is 34.6 Å². The Bertz CT molecular complexity index is 272. The van der Waals surface area contributed by atoms with Crippen molar-refractivity contribution in [1.82, 2.24) is 4.90 Å². The SMILES string of the molecule is CC1CCC(C)(CO)N1C(=O)OC(C)(C)C. The number of aliphatic hydroxyl groups excluding tert-OH is 1. The molecular weight excluding hydrogens is 206 g/mol. The Morgan fingerprint density at radius 2 is 2.12 bits per heavy atom. The highest BCUT2D eigenvalue weighted by Crippen LogP contribution is 2.34. The molecule has 2 atom stereocenters. The van der Waals surface area contributed by atoms with Crippen LogP contribution in [0.3, 0.4) is 0 Å². The summed E-state index contributed by atoms with van der Waals surface area (Å²) in [7, 11) is 0. The summed E-state index contributed by atoms with van der Waals surface area (Å²) in [5.41, 5.74) is -0.961. The molecule has 0 saturated carbocycles. The van der Waals surface area contributed by atoms with Crippen LogP contribution in [0.1, 0.15) is 47.5 Å². The number of carbonyl (C=O) groups excluding carboxylic acids is 1. The van der Waals surface area contributed by atoms with E-state index in [2.05, 4.69) is 0 Å². The van der Waals surface area contributed by atoms with Crippen molar-refractivity contribution < 1.29 is 14.6 Å². The van der Waals surface area contributed by atoms with Crippen molar-refractivity contribution in [3.05, 3.63) is 0 Å². The third-order valence-corrected chi connectivity index (χ3v) is 3.05. The van der Waals surface area contributed by atoms with Crippen LogP contribution in [-0.4, -0.2) is 39.9 Å². The quantitative estimate of drug-likeness (QED) is 0.749. The van der Waals surface area contributed by atoms with Gasteiger partial charge in [0.15, 0.2) is 0 Å². The Hall–Kier alpha value is -0.770. The van der Waals surface area contributed by atoms with Gasteiger partial charge in [-0.15, -0.1) is 0 Å². The Morgan fingerprint density at radius 3 is 2.56 bits per heavy atom. The number of rotatable bonds is 1. The second-order valence-electron chi connectivity index (χ2n) is 5.89. The largest absolute Gasteiger partial charge is 0.444 e. The highest BCUT2D eigenvalue weighted by atomic mass is 16.6. The zero-order chi connectivity index (χ0) is 12.6. The minimum atomic E-state index is -0.490. The molecule has 16 heavy (non-hydrogen) atoms. The molecule has 2 unspecified atom stereocenters. The molecule has 1 aliphatic rings. The molecule has 0 aromatic rings. The number of aliphatic hydroxyl groups is 1. The van der Waals surface area contributed by atoms with Crippen LogP contribution in [0.25, 0.3) is 0 Å². The first-order valence-electron chi connectivity index (χ1n) is 5.83. The Balaban J connectivity index is 2.80. The minimum Gasteiger partial charge on any atom is -0.444 e. The Kier molecular flexibility index (Phi) is 3.53. The lowest BCUT2D eigenvalue weighted by atomic mass is 10.0. The molecule has 4 heteroatoms. The van der Waals surface area contributed by atoms with Gasteiger partial charge in [-0.3, -0.25) is 4.90 Å². The maximum absolute atomic E-state index is 12.0. The van der Waals surface area contributed by atoms with Crippen LogP contribution in [0.2, 0.25) is 0 Å². The van der Waals surface area contributed by atoms with Gasteiger partial charge in [-0.2, -0.15) is 0 Å². The van der Waals surface area contributed by atoms with Crippen molar-refractivity contribution in [3.63, 3.8) is 0 Å². The van der Waals surface area contributed by atoms with Crippen molar-refractivity contribution >= 4 is 6.09 Å². The van der Waals surface area contributed by atoms with E-state index in [1.165, 1.54) is 0 Å². The highest BCUT2D eigenvalue weighted by Gasteiger charge is 2.45. The van der Waals surface area contributed by atoms with E-state index in [-0.39, 0.29) is 18.7 Å². The molecule has 1 amide bonds. The summed E-state index contributed by atoms with van der Waals surface area (Å²) < 4.78 is 5.37. The van der Waals surface area contributed by atoms with Crippen LogP contribution in [0, 0.1) is 0 Å². The lowest BCUT2D eigenvalue weighted by molar-refractivity contribution is -0.00884. The second-order valence-corrected chi connectivity index (χ2v) is 5.89. The molecule has 1 aliphatic heterocycles. The number of nitrogens with zero attached hydrogens (tertiary/aromatic N) is 1. The predicted octanol–water partition coefficient (Wildman–Crippen LogP) is 2.16. The third-order valence-electron chi connectivity index (χ3n) is 3.05. The molecule has 1 heterocycles. The fourth-order valence-electron chi connectivity index (χ4n) is 2.17. The maximum Gasteiger partial charge on any atom is 0.411 e. The van der Waals surface area contributed by atoms with Gasteiger partial charge in [0.05, 0.1) is 12.1 Å². The molecule has 1 N–H and O–H groups in total. The molecule has 1 rings (SSSR count). The molecule has 0 aromatic carbocycles. The topological polar surface area (TPSA) is 49.8 Å². The van der Waals surface area contributed by atoms with Gasteiger partial charge < -0.3 is 9.84 Å². The molecule has 4 nitrogen and oxygen atoms in total. The molecule has 0 spiro atoms. The minimum absolute atomic E-state index is 0.0173. The number of amides is 1. The van der Waals surface area contributed by atoms with E-state index in [1.54, 1.807) is 4.90 Å². The lowest BCUT2D eigenvalue weighted by Gasteiger charge is -2.37. The number of hydrogen-bond donors (Lipinski definition) is 1. The van der Waals surface area contributed by atoms with Crippen LogP contribution < -0.4 is 0 Å². The van der Waals surface area contributed by atoms with E-state index < -0.39 is 11.1 Å².